The molecule has 5 heteroatoms. The number of hydrogen-bond acceptors (Lipinski definition) is 3. The van der Waals surface area contributed by atoms with Crippen molar-refractivity contribution in [1.29, 1.82) is 0 Å². The molecule has 0 bridgehead atoms. The van der Waals surface area contributed by atoms with Gasteiger partial charge in [-0.2, -0.15) is 0 Å². The smallest absolute Gasteiger partial charge is 0.127 e. The molecule has 0 aliphatic rings. The molecule has 3 nitrogen and oxygen atoms in total. The Balaban J connectivity index is 2.71. The van der Waals surface area contributed by atoms with Crippen molar-refractivity contribution >= 4 is 0 Å². The van der Waals surface area contributed by atoms with Crippen molar-refractivity contribution in [2.75, 3.05) is 26.2 Å². The molecular formula is C11H17F2N3. The first-order valence-electron chi connectivity index (χ1n) is 5.23. The quantitative estimate of drug-likeness (QED) is 0.754. The lowest BCUT2D eigenvalue weighted by Gasteiger charge is -2.20. The molecule has 0 aliphatic heterocycles. The molecular weight excluding hydrogens is 212 g/mol. The van der Waals surface area contributed by atoms with Crippen LogP contribution < -0.4 is 11.5 Å². The highest BCUT2D eigenvalue weighted by Crippen LogP contribution is 2.11. The fourth-order valence-electron chi connectivity index (χ4n) is 1.54. The van der Waals surface area contributed by atoms with Crippen molar-refractivity contribution < 1.29 is 8.78 Å². The van der Waals surface area contributed by atoms with E-state index in [4.69, 9.17) is 11.5 Å². The van der Waals surface area contributed by atoms with Crippen molar-refractivity contribution in [3.05, 3.63) is 35.4 Å². The first-order chi connectivity index (χ1) is 7.67. The predicted molar refractivity (Wildman–Crippen MR) is 59.7 cm³/mol. The van der Waals surface area contributed by atoms with E-state index in [0.29, 0.717) is 38.3 Å². The third-order valence-corrected chi connectivity index (χ3v) is 2.29. The highest BCUT2D eigenvalue weighted by atomic mass is 19.1. The maximum absolute atomic E-state index is 13.4. The Bertz CT molecular complexity index is 325. The lowest BCUT2D eigenvalue weighted by atomic mass is 10.2. The number of nitrogens with two attached hydrogens (primary N) is 2. The van der Waals surface area contributed by atoms with Gasteiger partial charge < -0.3 is 11.5 Å². The van der Waals surface area contributed by atoms with E-state index in [1.807, 2.05) is 4.90 Å². The van der Waals surface area contributed by atoms with E-state index in [2.05, 4.69) is 0 Å². The topological polar surface area (TPSA) is 55.3 Å². The first kappa shape index (κ1) is 13.0. The van der Waals surface area contributed by atoms with E-state index in [1.165, 1.54) is 6.07 Å². The number of halogens is 2. The zero-order chi connectivity index (χ0) is 12.0. The van der Waals surface area contributed by atoms with Gasteiger partial charge in [0.2, 0.25) is 0 Å². The van der Waals surface area contributed by atoms with Crippen LogP contribution in [-0.4, -0.2) is 31.1 Å². The zero-order valence-electron chi connectivity index (χ0n) is 9.13. The summed E-state index contributed by atoms with van der Waals surface area (Å²) in [7, 11) is 0. The summed E-state index contributed by atoms with van der Waals surface area (Å²) in [6, 6.07) is 3.44. The molecule has 0 atom stereocenters. The Morgan fingerprint density at radius 2 is 1.69 bits per heavy atom. The maximum atomic E-state index is 13.4. The third-order valence-electron chi connectivity index (χ3n) is 2.29. The van der Waals surface area contributed by atoms with Crippen LogP contribution in [0.25, 0.3) is 0 Å². The predicted octanol–water partition coefficient (Wildman–Crippen LogP) is 0.684. The lowest BCUT2D eigenvalue weighted by Crippen LogP contribution is -2.33. The highest BCUT2D eigenvalue weighted by Gasteiger charge is 2.09. The van der Waals surface area contributed by atoms with E-state index in [9.17, 15) is 8.78 Å². The summed E-state index contributed by atoms with van der Waals surface area (Å²) < 4.78 is 26.3. The van der Waals surface area contributed by atoms with Crippen LogP contribution in [0.1, 0.15) is 5.56 Å². The average molecular weight is 229 g/mol. The normalized spacial score (nSPS) is 11.1. The van der Waals surface area contributed by atoms with Gasteiger partial charge in [0, 0.05) is 38.3 Å². The second kappa shape index (κ2) is 6.52. The van der Waals surface area contributed by atoms with E-state index in [1.54, 1.807) is 0 Å². The lowest BCUT2D eigenvalue weighted by molar-refractivity contribution is 0.276. The molecule has 4 N–H and O–H groups in total. The van der Waals surface area contributed by atoms with Gasteiger partial charge in [0.15, 0.2) is 0 Å². The largest absolute Gasteiger partial charge is 0.329 e. The first-order valence-corrected chi connectivity index (χ1v) is 5.23. The minimum atomic E-state index is -0.433. The maximum Gasteiger partial charge on any atom is 0.127 e. The van der Waals surface area contributed by atoms with Crippen LogP contribution in [0.3, 0.4) is 0 Å². The second-order valence-corrected chi connectivity index (χ2v) is 3.59. The summed E-state index contributed by atoms with van der Waals surface area (Å²) in [5.41, 5.74) is 11.2. The fraction of sp³-hybridized carbons (Fsp3) is 0.455. The summed E-state index contributed by atoms with van der Waals surface area (Å²) >= 11 is 0. The minimum Gasteiger partial charge on any atom is -0.329 e. The van der Waals surface area contributed by atoms with Crippen LogP contribution in [0.5, 0.6) is 0 Å². The summed E-state index contributed by atoms with van der Waals surface area (Å²) in [6.07, 6.45) is 0. The summed E-state index contributed by atoms with van der Waals surface area (Å²) in [5.74, 6) is -0.836. The monoisotopic (exact) mass is 229 g/mol. The van der Waals surface area contributed by atoms with Crippen molar-refractivity contribution in [3.63, 3.8) is 0 Å². The average Bonchev–Trinajstić information content (AvgIpc) is 2.24. The molecule has 0 spiro atoms. The molecule has 0 saturated carbocycles. The van der Waals surface area contributed by atoms with E-state index < -0.39 is 11.6 Å². The van der Waals surface area contributed by atoms with Gasteiger partial charge in [-0.25, -0.2) is 8.78 Å². The molecule has 1 aromatic carbocycles. The molecule has 0 aliphatic carbocycles. The van der Waals surface area contributed by atoms with Gasteiger partial charge >= 0.3 is 0 Å². The zero-order valence-corrected chi connectivity index (χ0v) is 9.13. The van der Waals surface area contributed by atoms with E-state index >= 15 is 0 Å². The molecule has 1 rings (SSSR count). The summed E-state index contributed by atoms with van der Waals surface area (Å²) in [5, 5.41) is 0. The van der Waals surface area contributed by atoms with Crippen molar-refractivity contribution in [2.24, 2.45) is 11.5 Å². The Labute approximate surface area is 94.0 Å². The summed E-state index contributed by atoms with van der Waals surface area (Å²) in [4.78, 5) is 1.90. The van der Waals surface area contributed by atoms with Crippen molar-refractivity contribution in [2.45, 2.75) is 6.54 Å². The Kier molecular flexibility index (Phi) is 5.31. The molecule has 0 amide bonds. The third kappa shape index (κ3) is 3.84. The molecule has 0 saturated heterocycles. The number of nitrogens with zero attached hydrogens (tertiary/aromatic N) is 1. The highest BCUT2D eigenvalue weighted by molar-refractivity contribution is 5.18. The fourth-order valence-corrected chi connectivity index (χ4v) is 1.54. The standard InChI is InChI=1S/C11H17F2N3/c12-10-1-2-11(13)9(7-10)8-16(5-3-14)6-4-15/h1-2,7H,3-6,8,14-15H2. The molecule has 0 aromatic heterocycles. The number of benzene rings is 1. The molecule has 0 radical (unpaired) electrons. The van der Waals surface area contributed by atoms with Crippen LogP contribution in [-0.2, 0) is 6.54 Å². The minimum absolute atomic E-state index is 0.331. The van der Waals surface area contributed by atoms with Crippen LogP contribution in [0, 0.1) is 11.6 Å². The van der Waals surface area contributed by atoms with E-state index in [0.717, 1.165) is 12.1 Å². The Morgan fingerprint density at radius 1 is 1.06 bits per heavy atom. The van der Waals surface area contributed by atoms with Gasteiger partial charge in [-0.05, 0) is 18.2 Å². The number of hydrogen-bond donors (Lipinski definition) is 2. The van der Waals surface area contributed by atoms with Crippen molar-refractivity contribution in [3.8, 4) is 0 Å². The van der Waals surface area contributed by atoms with Crippen LogP contribution in [0.4, 0.5) is 8.78 Å². The van der Waals surface area contributed by atoms with Gasteiger partial charge in [0.1, 0.15) is 11.6 Å². The molecule has 90 valence electrons. The van der Waals surface area contributed by atoms with Gasteiger partial charge in [0.25, 0.3) is 0 Å². The van der Waals surface area contributed by atoms with Crippen LogP contribution in [0.15, 0.2) is 18.2 Å². The van der Waals surface area contributed by atoms with Gasteiger partial charge in [-0.15, -0.1) is 0 Å². The second-order valence-electron chi connectivity index (χ2n) is 3.59. The van der Waals surface area contributed by atoms with Crippen molar-refractivity contribution in [1.82, 2.24) is 4.90 Å². The van der Waals surface area contributed by atoms with Crippen LogP contribution >= 0.6 is 0 Å². The molecule has 0 heterocycles. The van der Waals surface area contributed by atoms with Crippen LogP contribution in [0.2, 0.25) is 0 Å². The van der Waals surface area contributed by atoms with E-state index in [-0.39, 0.29) is 0 Å². The molecule has 16 heavy (non-hydrogen) atoms. The summed E-state index contributed by atoms with van der Waals surface area (Å²) in [6.45, 7) is 2.51. The number of rotatable bonds is 6. The Morgan fingerprint density at radius 3 is 2.25 bits per heavy atom. The SMILES string of the molecule is NCCN(CCN)Cc1cc(F)ccc1F. The molecule has 0 fully saturated rings. The molecule has 1 aromatic rings. The van der Waals surface area contributed by atoms with Gasteiger partial charge in [-0.1, -0.05) is 0 Å². The Hall–Kier alpha value is -1.04. The van der Waals surface area contributed by atoms with Gasteiger partial charge in [-0.3, -0.25) is 4.90 Å². The molecule has 0 unspecified atom stereocenters. The van der Waals surface area contributed by atoms with Gasteiger partial charge in [0.05, 0.1) is 0 Å².